The van der Waals surface area contributed by atoms with Crippen molar-refractivity contribution >= 4 is 29.0 Å². The van der Waals surface area contributed by atoms with E-state index in [1.807, 2.05) is 16.7 Å². The summed E-state index contributed by atoms with van der Waals surface area (Å²) in [4.78, 5) is 16.1. The number of nitrogens with zero attached hydrogens (tertiary/aromatic N) is 1. The van der Waals surface area contributed by atoms with Crippen molar-refractivity contribution < 1.29 is 4.79 Å². The molecule has 2 aliphatic rings. The lowest BCUT2D eigenvalue weighted by molar-refractivity contribution is -0.131. The van der Waals surface area contributed by atoms with Gasteiger partial charge in [0.1, 0.15) is 5.25 Å². The summed E-state index contributed by atoms with van der Waals surface area (Å²) in [6.45, 7) is 4.75. The summed E-state index contributed by atoms with van der Waals surface area (Å²) in [6, 6.07) is 2.55. The molecule has 0 radical (unpaired) electrons. The van der Waals surface area contributed by atoms with Crippen molar-refractivity contribution in [3.63, 3.8) is 0 Å². The van der Waals surface area contributed by atoms with E-state index in [2.05, 4.69) is 23.7 Å². The van der Waals surface area contributed by atoms with Crippen LogP contribution in [-0.4, -0.2) is 42.2 Å². The van der Waals surface area contributed by atoms with Crippen LogP contribution in [0.2, 0.25) is 0 Å². The zero-order chi connectivity index (χ0) is 12.5. The molecule has 18 heavy (non-hydrogen) atoms. The maximum Gasteiger partial charge on any atom is 0.240 e. The Morgan fingerprint density at radius 1 is 1.56 bits per heavy atom. The largest absolute Gasteiger partial charge is 0.339 e. The second-order valence-electron chi connectivity index (χ2n) is 4.94. The van der Waals surface area contributed by atoms with Crippen LogP contribution >= 0.6 is 23.1 Å². The molecular weight excluding hydrogens is 264 g/mol. The minimum atomic E-state index is 0.0466. The van der Waals surface area contributed by atoms with E-state index < -0.39 is 0 Å². The highest BCUT2D eigenvalue weighted by Gasteiger charge is 2.32. The highest BCUT2D eigenvalue weighted by atomic mass is 32.2. The molecule has 2 atom stereocenters. The van der Waals surface area contributed by atoms with E-state index in [1.54, 1.807) is 11.3 Å². The van der Waals surface area contributed by atoms with Crippen LogP contribution < -0.4 is 5.32 Å². The molecular formula is C13H18N2OS2. The van der Waals surface area contributed by atoms with Gasteiger partial charge in [-0.25, -0.2) is 0 Å². The molecule has 1 aromatic rings. The standard InChI is InChI=1S/C13H18N2OS2/c1-9-8-15(5-4-14-9)13(16)12-10-2-6-17-11(10)3-7-18-12/h2,6,9,12,14H,3-5,7-8H2,1H3. The van der Waals surface area contributed by atoms with E-state index in [-0.39, 0.29) is 5.25 Å². The zero-order valence-corrected chi connectivity index (χ0v) is 12.1. The molecule has 1 fully saturated rings. The third-order valence-electron chi connectivity index (χ3n) is 3.58. The van der Waals surface area contributed by atoms with E-state index in [4.69, 9.17) is 0 Å². The predicted molar refractivity (Wildman–Crippen MR) is 77.3 cm³/mol. The van der Waals surface area contributed by atoms with Crippen LogP contribution in [0.4, 0.5) is 0 Å². The summed E-state index contributed by atoms with van der Waals surface area (Å²) < 4.78 is 0. The summed E-state index contributed by atoms with van der Waals surface area (Å²) in [5.74, 6) is 1.39. The van der Waals surface area contributed by atoms with Crippen LogP contribution in [0.25, 0.3) is 0 Å². The Morgan fingerprint density at radius 3 is 3.28 bits per heavy atom. The number of carbonyl (C=O) groups excluding carboxylic acids is 1. The second kappa shape index (κ2) is 5.23. The number of nitrogens with one attached hydrogen (secondary N) is 1. The van der Waals surface area contributed by atoms with Crippen LogP contribution in [0.5, 0.6) is 0 Å². The molecule has 0 bridgehead atoms. The molecule has 3 rings (SSSR count). The summed E-state index contributed by atoms with van der Waals surface area (Å²) in [7, 11) is 0. The fraction of sp³-hybridized carbons (Fsp3) is 0.615. The van der Waals surface area contributed by atoms with Crippen LogP contribution in [0.15, 0.2) is 11.4 Å². The van der Waals surface area contributed by atoms with Gasteiger partial charge in [-0.1, -0.05) is 0 Å². The number of hydrogen-bond donors (Lipinski definition) is 1. The maximum absolute atomic E-state index is 12.6. The third kappa shape index (κ3) is 2.31. The minimum absolute atomic E-state index is 0.0466. The maximum atomic E-state index is 12.6. The molecule has 5 heteroatoms. The molecule has 0 spiro atoms. The normalized spacial score (nSPS) is 27.9. The summed E-state index contributed by atoms with van der Waals surface area (Å²) in [5, 5.41) is 5.55. The van der Waals surface area contributed by atoms with Gasteiger partial charge in [0.15, 0.2) is 0 Å². The number of aryl methyl sites for hydroxylation is 1. The Balaban J connectivity index is 1.77. The van der Waals surface area contributed by atoms with Crippen molar-refractivity contribution in [2.75, 3.05) is 25.4 Å². The molecule has 0 aliphatic carbocycles. The van der Waals surface area contributed by atoms with Gasteiger partial charge in [-0.3, -0.25) is 4.79 Å². The monoisotopic (exact) mass is 282 g/mol. The fourth-order valence-electron chi connectivity index (χ4n) is 2.65. The van der Waals surface area contributed by atoms with E-state index >= 15 is 0 Å². The average Bonchev–Trinajstić information content (AvgIpc) is 2.86. The Bertz CT molecular complexity index is 446. The topological polar surface area (TPSA) is 32.3 Å². The number of piperazine rings is 1. The number of carbonyl (C=O) groups is 1. The first-order valence-corrected chi connectivity index (χ1v) is 8.38. The number of thioether (sulfide) groups is 1. The molecule has 2 unspecified atom stereocenters. The van der Waals surface area contributed by atoms with E-state index in [9.17, 15) is 4.79 Å². The van der Waals surface area contributed by atoms with Crippen LogP contribution in [0.1, 0.15) is 22.6 Å². The van der Waals surface area contributed by atoms with Gasteiger partial charge < -0.3 is 10.2 Å². The van der Waals surface area contributed by atoms with Crippen molar-refractivity contribution in [1.29, 1.82) is 0 Å². The van der Waals surface area contributed by atoms with Crippen molar-refractivity contribution in [3.8, 4) is 0 Å². The lowest BCUT2D eigenvalue weighted by atomic mass is 10.1. The van der Waals surface area contributed by atoms with Crippen molar-refractivity contribution in [3.05, 3.63) is 21.9 Å². The first-order valence-electron chi connectivity index (χ1n) is 6.46. The smallest absolute Gasteiger partial charge is 0.240 e. The third-order valence-corrected chi connectivity index (χ3v) is 5.81. The van der Waals surface area contributed by atoms with Crippen molar-refractivity contribution in [2.24, 2.45) is 0 Å². The number of thiophene rings is 1. The number of fused-ring (bicyclic) bond motifs is 1. The SMILES string of the molecule is CC1CN(C(=O)C2SCCc3sccc32)CCN1. The van der Waals surface area contributed by atoms with E-state index in [0.717, 1.165) is 31.8 Å². The molecule has 3 nitrogen and oxygen atoms in total. The molecule has 2 aliphatic heterocycles. The lowest BCUT2D eigenvalue weighted by Crippen LogP contribution is -2.52. The van der Waals surface area contributed by atoms with Crippen molar-refractivity contribution in [1.82, 2.24) is 10.2 Å². The Kier molecular flexibility index (Phi) is 3.63. The molecule has 0 saturated carbocycles. The average molecular weight is 282 g/mol. The summed E-state index contributed by atoms with van der Waals surface area (Å²) in [5.41, 5.74) is 1.27. The van der Waals surface area contributed by atoms with Gasteiger partial charge in [-0.15, -0.1) is 23.1 Å². The van der Waals surface area contributed by atoms with Gasteiger partial charge in [0, 0.05) is 30.6 Å². The second-order valence-corrected chi connectivity index (χ2v) is 7.15. The van der Waals surface area contributed by atoms with Crippen molar-refractivity contribution in [2.45, 2.75) is 24.6 Å². The first-order chi connectivity index (χ1) is 8.75. The minimum Gasteiger partial charge on any atom is -0.339 e. The quantitative estimate of drug-likeness (QED) is 0.854. The Morgan fingerprint density at radius 2 is 2.44 bits per heavy atom. The summed E-state index contributed by atoms with van der Waals surface area (Å²) in [6.07, 6.45) is 1.12. The fourth-order valence-corrected chi connectivity index (χ4v) is 5.02. The molecule has 1 N–H and O–H groups in total. The zero-order valence-electron chi connectivity index (χ0n) is 10.5. The molecule has 0 aromatic carbocycles. The Labute approximate surface area is 116 Å². The Hall–Kier alpha value is -0.520. The molecule has 1 amide bonds. The first kappa shape index (κ1) is 12.5. The van der Waals surface area contributed by atoms with Crippen LogP contribution in [-0.2, 0) is 11.2 Å². The van der Waals surface area contributed by atoms with Crippen LogP contribution in [0, 0.1) is 0 Å². The van der Waals surface area contributed by atoms with E-state index in [0.29, 0.717) is 11.9 Å². The van der Waals surface area contributed by atoms with Gasteiger partial charge in [0.05, 0.1) is 0 Å². The van der Waals surface area contributed by atoms with E-state index in [1.165, 1.54) is 10.4 Å². The van der Waals surface area contributed by atoms with Crippen LogP contribution in [0.3, 0.4) is 0 Å². The number of hydrogen-bond acceptors (Lipinski definition) is 4. The molecule has 1 saturated heterocycles. The molecule has 98 valence electrons. The highest BCUT2D eigenvalue weighted by molar-refractivity contribution is 8.00. The number of rotatable bonds is 1. The highest BCUT2D eigenvalue weighted by Crippen LogP contribution is 2.40. The van der Waals surface area contributed by atoms with Gasteiger partial charge in [-0.2, -0.15) is 0 Å². The van der Waals surface area contributed by atoms with Gasteiger partial charge in [-0.05, 0) is 36.1 Å². The summed E-state index contributed by atoms with van der Waals surface area (Å²) >= 11 is 3.61. The van der Waals surface area contributed by atoms with Gasteiger partial charge in [0.2, 0.25) is 5.91 Å². The molecule has 3 heterocycles. The lowest BCUT2D eigenvalue weighted by Gasteiger charge is -2.35. The number of amides is 1. The predicted octanol–water partition coefficient (Wildman–Crippen LogP) is 1.90. The van der Waals surface area contributed by atoms with Gasteiger partial charge >= 0.3 is 0 Å². The van der Waals surface area contributed by atoms with Gasteiger partial charge in [0.25, 0.3) is 0 Å². The molecule has 1 aromatic heterocycles.